The van der Waals surface area contributed by atoms with E-state index in [4.69, 9.17) is 15.6 Å². The second kappa shape index (κ2) is 5.65. The smallest absolute Gasteiger partial charge is 0.0931 e. The predicted molar refractivity (Wildman–Crippen MR) is 40.8 cm³/mol. The Morgan fingerprint density at radius 2 is 2.20 bits per heavy atom. The molecule has 0 aliphatic heterocycles. The zero-order valence-corrected chi connectivity index (χ0v) is 6.71. The first-order valence-corrected chi connectivity index (χ1v) is 3.71. The maximum Gasteiger partial charge on any atom is 0.0931 e. The molecule has 3 N–H and O–H groups in total. The Morgan fingerprint density at radius 1 is 1.60 bits per heavy atom. The van der Waals surface area contributed by atoms with Gasteiger partial charge in [0.05, 0.1) is 18.8 Å². The van der Waals surface area contributed by atoms with E-state index < -0.39 is 0 Å². The molecule has 0 radical (unpaired) electrons. The summed E-state index contributed by atoms with van der Waals surface area (Å²) in [6.07, 6.45) is 0.965. The van der Waals surface area contributed by atoms with Gasteiger partial charge in [0, 0.05) is 6.54 Å². The first kappa shape index (κ1) is 9.88. The molecular weight excluding hydrogens is 130 g/mol. The van der Waals surface area contributed by atoms with Crippen LogP contribution in [0.25, 0.3) is 0 Å². The summed E-state index contributed by atoms with van der Waals surface area (Å²) >= 11 is 0. The third kappa shape index (κ3) is 3.82. The molecular formula is C7H17NO2. The molecule has 0 fully saturated rings. The molecule has 0 aliphatic rings. The summed E-state index contributed by atoms with van der Waals surface area (Å²) in [6, 6.07) is 0. The molecule has 10 heavy (non-hydrogen) atoms. The second-order valence-corrected chi connectivity index (χ2v) is 2.40. The molecule has 2 unspecified atom stereocenters. The van der Waals surface area contributed by atoms with Gasteiger partial charge in [-0.1, -0.05) is 6.92 Å². The molecule has 0 bridgehead atoms. The van der Waals surface area contributed by atoms with Crippen LogP contribution in [0.5, 0.6) is 0 Å². The van der Waals surface area contributed by atoms with E-state index in [2.05, 4.69) is 0 Å². The van der Waals surface area contributed by atoms with Gasteiger partial charge in [-0.3, -0.25) is 0 Å². The molecule has 0 saturated heterocycles. The van der Waals surface area contributed by atoms with Crippen LogP contribution in [0, 0.1) is 0 Å². The fourth-order valence-electron chi connectivity index (χ4n) is 0.598. The number of hydrogen-bond acceptors (Lipinski definition) is 3. The first-order chi connectivity index (χ1) is 4.74. The maximum atomic E-state index is 8.67. The summed E-state index contributed by atoms with van der Waals surface area (Å²) in [5.74, 6) is 0. The van der Waals surface area contributed by atoms with E-state index in [1.54, 1.807) is 0 Å². The SMILES string of the molecule is CCC(C)OC(CN)CO. The van der Waals surface area contributed by atoms with E-state index in [0.717, 1.165) is 6.42 Å². The average molecular weight is 147 g/mol. The number of ether oxygens (including phenoxy) is 1. The first-order valence-electron chi connectivity index (χ1n) is 3.71. The van der Waals surface area contributed by atoms with Gasteiger partial charge in [0.15, 0.2) is 0 Å². The van der Waals surface area contributed by atoms with E-state index in [0.29, 0.717) is 6.54 Å². The molecule has 0 saturated carbocycles. The van der Waals surface area contributed by atoms with Gasteiger partial charge in [-0.25, -0.2) is 0 Å². The lowest BCUT2D eigenvalue weighted by Crippen LogP contribution is -2.30. The highest BCUT2D eigenvalue weighted by atomic mass is 16.5. The molecule has 0 amide bonds. The number of rotatable bonds is 5. The van der Waals surface area contributed by atoms with Gasteiger partial charge in [0.2, 0.25) is 0 Å². The fourth-order valence-corrected chi connectivity index (χ4v) is 0.598. The Bertz CT molecular complexity index is 74.0. The van der Waals surface area contributed by atoms with Crippen molar-refractivity contribution in [3.63, 3.8) is 0 Å². The molecule has 0 aromatic carbocycles. The largest absolute Gasteiger partial charge is 0.394 e. The van der Waals surface area contributed by atoms with Crippen LogP contribution in [0.3, 0.4) is 0 Å². The van der Waals surface area contributed by atoms with Crippen LogP contribution in [0.1, 0.15) is 20.3 Å². The quantitative estimate of drug-likeness (QED) is 0.580. The minimum Gasteiger partial charge on any atom is -0.394 e. The molecule has 0 aromatic heterocycles. The Balaban J connectivity index is 3.41. The monoisotopic (exact) mass is 147 g/mol. The third-order valence-corrected chi connectivity index (χ3v) is 1.47. The van der Waals surface area contributed by atoms with Gasteiger partial charge in [0.1, 0.15) is 0 Å². The summed E-state index contributed by atoms with van der Waals surface area (Å²) in [5.41, 5.74) is 5.30. The van der Waals surface area contributed by atoms with Crippen molar-refractivity contribution < 1.29 is 9.84 Å². The normalized spacial score (nSPS) is 16.8. The van der Waals surface area contributed by atoms with Gasteiger partial charge < -0.3 is 15.6 Å². The molecule has 0 spiro atoms. The Hall–Kier alpha value is -0.120. The van der Waals surface area contributed by atoms with Crippen molar-refractivity contribution in [2.45, 2.75) is 32.5 Å². The zero-order chi connectivity index (χ0) is 7.98. The highest BCUT2D eigenvalue weighted by Crippen LogP contribution is 1.99. The van der Waals surface area contributed by atoms with Crippen molar-refractivity contribution in [2.75, 3.05) is 13.2 Å². The van der Waals surface area contributed by atoms with Gasteiger partial charge in [-0.15, -0.1) is 0 Å². The summed E-state index contributed by atoms with van der Waals surface area (Å²) in [4.78, 5) is 0. The van der Waals surface area contributed by atoms with Crippen molar-refractivity contribution >= 4 is 0 Å². The Labute approximate surface area is 62.2 Å². The van der Waals surface area contributed by atoms with Crippen molar-refractivity contribution in [1.82, 2.24) is 0 Å². The minimum atomic E-state index is -0.185. The summed E-state index contributed by atoms with van der Waals surface area (Å²) < 4.78 is 5.32. The molecule has 62 valence electrons. The average Bonchev–Trinajstić information content (AvgIpc) is 1.99. The van der Waals surface area contributed by atoms with E-state index in [9.17, 15) is 0 Å². The molecule has 2 atom stereocenters. The van der Waals surface area contributed by atoms with Crippen LogP contribution < -0.4 is 5.73 Å². The molecule has 3 heteroatoms. The highest BCUT2D eigenvalue weighted by Gasteiger charge is 2.07. The standard InChI is InChI=1S/C7H17NO2/c1-3-6(2)10-7(4-8)5-9/h6-7,9H,3-5,8H2,1-2H3. The molecule has 3 nitrogen and oxygen atoms in total. The summed E-state index contributed by atoms with van der Waals surface area (Å²) in [7, 11) is 0. The third-order valence-electron chi connectivity index (χ3n) is 1.47. The van der Waals surface area contributed by atoms with Crippen molar-refractivity contribution in [1.29, 1.82) is 0 Å². The molecule has 0 rings (SSSR count). The lowest BCUT2D eigenvalue weighted by atomic mass is 10.3. The second-order valence-electron chi connectivity index (χ2n) is 2.40. The van der Waals surface area contributed by atoms with Crippen LogP contribution in [-0.2, 0) is 4.74 Å². The summed E-state index contributed by atoms with van der Waals surface area (Å²) in [6.45, 7) is 4.41. The Kier molecular flexibility index (Phi) is 5.58. The molecule has 0 aliphatic carbocycles. The van der Waals surface area contributed by atoms with Gasteiger partial charge in [-0.2, -0.15) is 0 Å². The topological polar surface area (TPSA) is 55.5 Å². The van der Waals surface area contributed by atoms with Gasteiger partial charge in [-0.05, 0) is 13.3 Å². The van der Waals surface area contributed by atoms with E-state index in [-0.39, 0.29) is 18.8 Å². The van der Waals surface area contributed by atoms with E-state index in [1.807, 2.05) is 13.8 Å². The van der Waals surface area contributed by atoms with E-state index >= 15 is 0 Å². The van der Waals surface area contributed by atoms with Gasteiger partial charge >= 0.3 is 0 Å². The minimum absolute atomic E-state index is 0.0147. The zero-order valence-electron chi connectivity index (χ0n) is 6.71. The van der Waals surface area contributed by atoms with E-state index in [1.165, 1.54) is 0 Å². The fraction of sp³-hybridized carbons (Fsp3) is 1.00. The predicted octanol–water partition coefficient (Wildman–Crippen LogP) is 0.121. The molecule has 0 aromatic rings. The lowest BCUT2D eigenvalue weighted by molar-refractivity contribution is -0.0268. The van der Waals surface area contributed by atoms with Gasteiger partial charge in [0.25, 0.3) is 0 Å². The highest BCUT2D eigenvalue weighted by molar-refractivity contribution is 4.58. The molecule has 0 heterocycles. The van der Waals surface area contributed by atoms with Crippen LogP contribution >= 0.6 is 0 Å². The number of hydrogen-bond donors (Lipinski definition) is 2. The maximum absolute atomic E-state index is 8.67. The Morgan fingerprint density at radius 3 is 2.50 bits per heavy atom. The van der Waals surface area contributed by atoms with Crippen LogP contribution in [0.4, 0.5) is 0 Å². The lowest BCUT2D eigenvalue weighted by Gasteiger charge is -2.17. The van der Waals surface area contributed by atoms with Crippen LogP contribution in [-0.4, -0.2) is 30.5 Å². The summed E-state index contributed by atoms with van der Waals surface area (Å²) in [5, 5.41) is 8.67. The number of aliphatic hydroxyl groups is 1. The van der Waals surface area contributed by atoms with Crippen LogP contribution in [0.15, 0.2) is 0 Å². The van der Waals surface area contributed by atoms with Crippen molar-refractivity contribution in [2.24, 2.45) is 5.73 Å². The number of nitrogens with two attached hydrogens (primary N) is 1. The van der Waals surface area contributed by atoms with Crippen molar-refractivity contribution in [3.8, 4) is 0 Å². The van der Waals surface area contributed by atoms with Crippen LogP contribution in [0.2, 0.25) is 0 Å². The van der Waals surface area contributed by atoms with Crippen molar-refractivity contribution in [3.05, 3.63) is 0 Å². The number of aliphatic hydroxyl groups excluding tert-OH is 1.